The van der Waals surface area contributed by atoms with Crippen LogP contribution in [0.25, 0.3) is 0 Å². The molecule has 0 rings (SSSR count). The van der Waals surface area contributed by atoms with Gasteiger partial charge in [-0.3, -0.25) is 4.55 Å². The number of hydrogen-bond donors (Lipinski definition) is 2. The Morgan fingerprint density at radius 2 is 1.70 bits per heavy atom. The summed E-state index contributed by atoms with van der Waals surface area (Å²) < 4.78 is 57.8. The zero-order chi connectivity index (χ0) is 16.1. The van der Waals surface area contributed by atoms with E-state index in [2.05, 4.69) is 14.1 Å². The summed E-state index contributed by atoms with van der Waals surface area (Å²) in [6, 6.07) is 0. The highest BCUT2D eigenvalue weighted by molar-refractivity contribution is 7.94. The lowest BCUT2D eigenvalue weighted by molar-refractivity contribution is -0.432. The molecule has 0 aliphatic rings. The highest BCUT2D eigenvalue weighted by Crippen LogP contribution is 2.04. The van der Waals surface area contributed by atoms with E-state index >= 15 is 0 Å². The molecule has 0 bridgehead atoms. The predicted molar refractivity (Wildman–Crippen MR) is 74.5 cm³/mol. The monoisotopic (exact) mass is 356 g/mol. The number of methoxy groups -OCH3 is 1. The Morgan fingerprint density at radius 1 is 1.10 bits per heavy atom. The van der Waals surface area contributed by atoms with Gasteiger partial charge in [-0.05, 0) is 12.8 Å². The van der Waals surface area contributed by atoms with Crippen molar-refractivity contribution in [1.29, 1.82) is 0 Å². The van der Waals surface area contributed by atoms with Gasteiger partial charge in [0.25, 0.3) is 10.1 Å². The van der Waals surface area contributed by atoms with E-state index < -0.39 is 20.0 Å². The van der Waals surface area contributed by atoms with Crippen molar-refractivity contribution in [3.05, 3.63) is 0 Å². The van der Waals surface area contributed by atoms with Gasteiger partial charge in [0.05, 0.1) is 11.5 Å². The van der Waals surface area contributed by atoms with Gasteiger partial charge in [0.2, 0.25) is 0 Å². The van der Waals surface area contributed by atoms with Gasteiger partial charge in [-0.25, -0.2) is 13.7 Å². The number of ether oxygens (including phenoxy) is 1. The number of hydrogen-bond acceptors (Lipinski definition) is 9. The van der Waals surface area contributed by atoms with Crippen molar-refractivity contribution in [3.8, 4) is 0 Å². The Bertz CT molecular complexity index is 403. The van der Waals surface area contributed by atoms with Crippen LogP contribution in [0.2, 0.25) is 0 Å². The molecule has 0 radical (unpaired) electrons. The molecule has 0 fully saturated rings. The van der Waals surface area contributed by atoms with Gasteiger partial charge in [0.15, 0.2) is 0 Å². The van der Waals surface area contributed by atoms with Crippen molar-refractivity contribution in [1.82, 2.24) is 0 Å². The Kier molecular flexibility index (Phi) is 14.3. The van der Waals surface area contributed by atoms with Gasteiger partial charge in [-0.2, -0.15) is 8.42 Å². The molecule has 0 aliphatic heterocycles. The van der Waals surface area contributed by atoms with Gasteiger partial charge in [-0.15, -0.1) is 4.33 Å². The molecule has 0 amide bonds. The van der Waals surface area contributed by atoms with Crippen molar-refractivity contribution < 1.29 is 40.8 Å². The Hall–Kier alpha value is 0.0500. The molecular formula is C8H20O9S3. The molecule has 0 saturated carbocycles. The van der Waals surface area contributed by atoms with Crippen LogP contribution in [0.4, 0.5) is 0 Å². The fraction of sp³-hybridized carbons (Fsp3) is 1.00. The molecule has 20 heavy (non-hydrogen) atoms. The summed E-state index contributed by atoms with van der Waals surface area (Å²) in [6.07, 6.45) is 1.99. The molecule has 0 saturated heterocycles. The van der Waals surface area contributed by atoms with E-state index in [0.29, 0.717) is 25.2 Å². The van der Waals surface area contributed by atoms with Gasteiger partial charge >= 0.3 is 0 Å². The van der Waals surface area contributed by atoms with Crippen LogP contribution in [0.5, 0.6) is 0 Å². The number of rotatable bonds is 10. The summed E-state index contributed by atoms with van der Waals surface area (Å²) in [6.45, 7) is 0.361. The molecule has 0 atom stereocenters. The molecule has 0 aromatic carbocycles. The lowest BCUT2D eigenvalue weighted by Crippen LogP contribution is -2.05. The van der Waals surface area contributed by atoms with E-state index in [1.54, 1.807) is 0 Å². The molecule has 0 unspecified atom stereocenters. The first kappa shape index (κ1) is 22.3. The van der Waals surface area contributed by atoms with Gasteiger partial charge < -0.3 is 4.74 Å². The van der Waals surface area contributed by atoms with Crippen molar-refractivity contribution in [2.45, 2.75) is 12.8 Å². The van der Waals surface area contributed by atoms with E-state index in [9.17, 15) is 16.8 Å². The van der Waals surface area contributed by atoms with Crippen LogP contribution in [0.3, 0.4) is 0 Å². The predicted octanol–water partition coefficient (Wildman–Crippen LogP) is 0.401. The summed E-state index contributed by atoms with van der Waals surface area (Å²) in [4.78, 5) is 0. The third-order valence-corrected chi connectivity index (χ3v) is 4.02. The first-order valence-corrected chi connectivity index (χ1v) is 9.92. The fourth-order valence-corrected chi connectivity index (χ4v) is 2.53. The third-order valence-electron chi connectivity index (χ3n) is 1.57. The average Bonchev–Trinajstić information content (AvgIpc) is 2.27. The van der Waals surface area contributed by atoms with Crippen LogP contribution in [-0.4, -0.2) is 63.9 Å². The topological polar surface area (TPSA) is 136 Å². The van der Waals surface area contributed by atoms with Crippen molar-refractivity contribution in [2.75, 3.05) is 37.2 Å². The zero-order valence-electron chi connectivity index (χ0n) is 11.2. The van der Waals surface area contributed by atoms with Gasteiger partial charge in [-0.1, -0.05) is 5.04 Å². The van der Waals surface area contributed by atoms with Crippen LogP contribution < -0.4 is 0 Å². The maximum absolute atomic E-state index is 10.5. The summed E-state index contributed by atoms with van der Waals surface area (Å²) >= 11 is 0.857. The van der Waals surface area contributed by atoms with Crippen LogP contribution in [0.15, 0.2) is 0 Å². The highest BCUT2D eigenvalue weighted by atomic mass is 32.2. The minimum atomic E-state index is -3.78. The minimum absolute atomic E-state index is 0.120. The summed E-state index contributed by atoms with van der Waals surface area (Å²) in [5.41, 5.74) is 0. The third kappa shape index (κ3) is 26.6. The van der Waals surface area contributed by atoms with Crippen molar-refractivity contribution in [2.24, 2.45) is 0 Å². The molecule has 124 valence electrons. The van der Waals surface area contributed by atoms with Gasteiger partial charge in [0.1, 0.15) is 9.84 Å². The fourth-order valence-electron chi connectivity index (χ4n) is 0.821. The molecule has 0 heterocycles. The molecule has 2 N–H and O–H groups in total. The van der Waals surface area contributed by atoms with Crippen LogP contribution in [-0.2, 0) is 34.1 Å². The van der Waals surface area contributed by atoms with Crippen LogP contribution in [0, 0.1) is 0 Å². The second-order valence-corrected chi connectivity index (χ2v) is 8.19. The Balaban J connectivity index is 0. The molecule has 0 aliphatic carbocycles. The Labute approximate surface area is 123 Å². The molecule has 12 heteroatoms. The average molecular weight is 356 g/mol. The van der Waals surface area contributed by atoms with E-state index in [0.717, 1.165) is 12.0 Å². The Morgan fingerprint density at radius 3 is 2.10 bits per heavy atom. The normalized spacial score (nSPS) is 11.8. The molecule has 9 nitrogen and oxygen atoms in total. The zero-order valence-corrected chi connectivity index (χ0v) is 13.7. The highest BCUT2D eigenvalue weighted by Gasteiger charge is 2.02. The van der Waals surface area contributed by atoms with Gasteiger partial charge in [0, 0.05) is 37.8 Å². The number of sulfone groups is 1. The minimum Gasteiger partial charge on any atom is -0.385 e. The lowest BCUT2D eigenvalue weighted by atomic mass is 10.5. The molecule has 0 spiro atoms. The SMILES string of the molecule is COCCCS(=O)(=O)O.CS(=O)(=O)CCCSOOO. The van der Waals surface area contributed by atoms with E-state index in [1.165, 1.54) is 13.4 Å². The maximum atomic E-state index is 10.5. The van der Waals surface area contributed by atoms with Crippen LogP contribution in [0.1, 0.15) is 12.8 Å². The first-order chi connectivity index (χ1) is 9.12. The summed E-state index contributed by atoms with van der Waals surface area (Å²) in [7, 11) is -5.18. The standard InChI is InChI=1S/C4H10O5S2.C4H10O4S/c1-11(6,7)4-2-3-10-9-8-5;1-8-3-2-4-9(5,6)7/h5H,2-4H2,1H3;2-4H2,1H3,(H,5,6,7). The van der Waals surface area contributed by atoms with Crippen molar-refractivity contribution >= 4 is 32.0 Å². The van der Waals surface area contributed by atoms with E-state index in [1.807, 2.05) is 0 Å². The largest absolute Gasteiger partial charge is 0.385 e. The molecule has 0 aromatic heterocycles. The smallest absolute Gasteiger partial charge is 0.264 e. The van der Waals surface area contributed by atoms with E-state index in [4.69, 9.17) is 9.81 Å². The van der Waals surface area contributed by atoms with Crippen molar-refractivity contribution in [3.63, 3.8) is 0 Å². The lowest BCUT2D eigenvalue weighted by Gasteiger charge is -1.96. The first-order valence-electron chi connectivity index (χ1n) is 5.34. The second-order valence-electron chi connectivity index (χ2n) is 3.58. The molecule has 0 aromatic rings. The summed E-state index contributed by atoms with van der Waals surface area (Å²) in [5, 5.41) is 11.0. The van der Waals surface area contributed by atoms with E-state index in [-0.39, 0.29) is 11.5 Å². The maximum Gasteiger partial charge on any atom is 0.264 e. The quantitative estimate of drug-likeness (QED) is 0.186. The second kappa shape index (κ2) is 12.8. The molecular weight excluding hydrogens is 336 g/mol. The van der Waals surface area contributed by atoms with Crippen LogP contribution >= 0.6 is 12.0 Å². The summed E-state index contributed by atoms with van der Waals surface area (Å²) in [5.74, 6) is 0.364.